The number of benzene rings is 1. The lowest BCUT2D eigenvalue weighted by atomic mass is 10.1. The van der Waals surface area contributed by atoms with Gasteiger partial charge in [0.2, 0.25) is 0 Å². The minimum Gasteiger partial charge on any atom is -0.443 e. The van der Waals surface area contributed by atoms with E-state index in [9.17, 15) is 0 Å². The highest BCUT2D eigenvalue weighted by atomic mass is 35.5. The van der Waals surface area contributed by atoms with E-state index >= 15 is 0 Å². The summed E-state index contributed by atoms with van der Waals surface area (Å²) in [5.74, 6) is 0.741. The fourth-order valence-corrected chi connectivity index (χ4v) is 2.00. The van der Waals surface area contributed by atoms with Gasteiger partial charge in [-0.05, 0) is 39.3 Å². The van der Waals surface area contributed by atoms with Crippen LogP contribution in [0.1, 0.15) is 32.0 Å². The molecule has 0 aliphatic carbocycles. The molecule has 0 saturated carbocycles. The molecule has 0 aliphatic heterocycles. The van der Waals surface area contributed by atoms with E-state index in [-0.39, 0.29) is 5.54 Å². The molecule has 0 atom stereocenters. The predicted molar refractivity (Wildman–Crippen MR) is 78.3 cm³/mol. The van der Waals surface area contributed by atoms with Gasteiger partial charge in [0.05, 0.1) is 5.02 Å². The van der Waals surface area contributed by atoms with E-state index in [0.717, 1.165) is 27.6 Å². The third kappa shape index (κ3) is 3.37. The number of hydrogen-bond acceptors (Lipinski definition) is 3. The first-order valence-corrected chi connectivity index (χ1v) is 6.69. The van der Waals surface area contributed by atoms with Gasteiger partial charge in [-0.2, -0.15) is 0 Å². The zero-order valence-corrected chi connectivity index (χ0v) is 12.5. The summed E-state index contributed by atoms with van der Waals surface area (Å²) in [6.07, 6.45) is 1.47. The highest BCUT2D eigenvalue weighted by molar-refractivity contribution is 6.34. The van der Waals surface area contributed by atoms with E-state index in [1.165, 1.54) is 6.39 Å². The lowest BCUT2D eigenvalue weighted by molar-refractivity contribution is 0.421. The van der Waals surface area contributed by atoms with Crippen molar-refractivity contribution in [3.8, 4) is 11.3 Å². The van der Waals surface area contributed by atoms with Gasteiger partial charge in [-0.3, -0.25) is 0 Å². The lowest BCUT2D eigenvalue weighted by Crippen LogP contribution is -2.35. The van der Waals surface area contributed by atoms with Crippen LogP contribution in [0.4, 0.5) is 0 Å². The van der Waals surface area contributed by atoms with Crippen LogP contribution in [0.15, 0.2) is 29.0 Å². The molecule has 0 saturated heterocycles. The van der Waals surface area contributed by atoms with Gasteiger partial charge < -0.3 is 9.73 Å². The molecule has 3 nitrogen and oxygen atoms in total. The summed E-state index contributed by atoms with van der Waals surface area (Å²) in [6, 6.07) is 5.91. The molecule has 0 fully saturated rings. The van der Waals surface area contributed by atoms with Crippen molar-refractivity contribution in [2.75, 3.05) is 0 Å². The smallest absolute Gasteiger partial charge is 0.181 e. The van der Waals surface area contributed by atoms with Gasteiger partial charge in [0.1, 0.15) is 5.69 Å². The first-order valence-electron chi connectivity index (χ1n) is 6.31. The van der Waals surface area contributed by atoms with Crippen molar-refractivity contribution in [3.63, 3.8) is 0 Å². The Labute approximate surface area is 119 Å². The Kier molecular flexibility index (Phi) is 3.97. The number of oxazole rings is 1. The maximum atomic E-state index is 6.34. The Hall–Kier alpha value is -1.32. The molecular formula is C15H19ClN2O. The molecule has 4 heteroatoms. The Morgan fingerprint density at radius 2 is 2.05 bits per heavy atom. The largest absolute Gasteiger partial charge is 0.443 e. The van der Waals surface area contributed by atoms with E-state index in [1.54, 1.807) is 0 Å². The average Bonchev–Trinajstić information content (AvgIpc) is 2.77. The van der Waals surface area contributed by atoms with E-state index in [4.69, 9.17) is 16.0 Å². The summed E-state index contributed by atoms with van der Waals surface area (Å²) in [5, 5.41) is 4.12. The minimum absolute atomic E-state index is 0.0343. The number of nitrogens with zero attached hydrogens (tertiary/aromatic N) is 1. The molecule has 2 rings (SSSR count). The van der Waals surface area contributed by atoms with Crippen LogP contribution in [-0.4, -0.2) is 10.5 Å². The molecule has 1 aromatic carbocycles. The van der Waals surface area contributed by atoms with Crippen molar-refractivity contribution in [3.05, 3.63) is 40.9 Å². The summed E-state index contributed by atoms with van der Waals surface area (Å²) in [4.78, 5) is 4.28. The topological polar surface area (TPSA) is 38.1 Å². The van der Waals surface area contributed by atoms with Crippen LogP contribution < -0.4 is 5.32 Å². The fourth-order valence-electron chi connectivity index (χ4n) is 1.79. The van der Waals surface area contributed by atoms with Crippen LogP contribution >= 0.6 is 11.6 Å². The SMILES string of the molecule is Cc1cccc(-c2ocnc2CNC(C)(C)C)c1Cl. The third-order valence-electron chi connectivity index (χ3n) is 2.86. The molecule has 0 radical (unpaired) electrons. The lowest BCUT2D eigenvalue weighted by Gasteiger charge is -2.20. The molecule has 0 amide bonds. The molecule has 102 valence electrons. The number of nitrogens with one attached hydrogen (secondary N) is 1. The number of aryl methyl sites for hydroxylation is 1. The second kappa shape index (κ2) is 5.35. The second-order valence-corrected chi connectivity index (χ2v) is 6.05. The highest BCUT2D eigenvalue weighted by Crippen LogP contribution is 2.32. The van der Waals surface area contributed by atoms with Crippen molar-refractivity contribution in [1.29, 1.82) is 0 Å². The van der Waals surface area contributed by atoms with Gasteiger partial charge in [-0.1, -0.05) is 23.7 Å². The molecule has 0 bridgehead atoms. The maximum Gasteiger partial charge on any atom is 0.181 e. The number of rotatable bonds is 3. The van der Waals surface area contributed by atoms with Crippen molar-refractivity contribution in [2.24, 2.45) is 0 Å². The summed E-state index contributed by atoms with van der Waals surface area (Å²) < 4.78 is 5.52. The quantitative estimate of drug-likeness (QED) is 0.915. The highest BCUT2D eigenvalue weighted by Gasteiger charge is 2.17. The van der Waals surface area contributed by atoms with Gasteiger partial charge in [-0.15, -0.1) is 0 Å². The molecule has 0 spiro atoms. The zero-order chi connectivity index (χ0) is 14.0. The summed E-state index contributed by atoms with van der Waals surface area (Å²) in [6.45, 7) is 8.99. The Bertz CT molecular complexity index is 570. The van der Waals surface area contributed by atoms with Gasteiger partial charge in [0, 0.05) is 17.6 Å². The predicted octanol–water partition coefficient (Wildman–Crippen LogP) is 4.19. The van der Waals surface area contributed by atoms with Crippen LogP contribution in [0.3, 0.4) is 0 Å². The Morgan fingerprint density at radius 3 is 2.74 bits per heavy atom. The first kappa shape index (κ1) is 14.1. The number of aromatic nitrogens is 1. The van der Waals surface area contributed by atoms with Crippen molar-refractivity contribution >= 4 is 11.6 Å². The van der Waals surface area contributed by atoms with Gasteiger partial charge in [0.15, 0.2) is 12.2 Å². The monoisotopic (exact) mass is 278 g/mol. The van der Waals surface area contributed by atoms with Crippen LogP contribution in [-0.2, 0) is 6.54 Å². The van der Waals surface area contributed by atoms with E-state index in [2.05, 4.69) is 31.1 Å². The number of halogens is 1. The van der Waals surface area contributed by atoms with Crippen molar-refractivity contribution < 1.29 is 4.42 Å². The molecule has 19 heavy (non-hydrogen) atoms. The van der Waals surface area contributed by atoms with E-state index in [1.807, 2.05) is 25.1 Å². The van der Waals surface area contributed by atoms with Crippen molar-refractivity contribution in [1.82, 2.24) is 10.3 Å². The molecule has 0 unspecified atom stereocenters. The molecule has 1 aromatic heterocycles. The summed E-state index contributed by atoms with van der Waals surface area (Å²) in [7, 11) is 0. The van der Waals surface area contributed by atoms with Crippen LogP contribution in [0.2, 0.25) is 5.02 Å². The normalized spacial score (nSPS) is 11.8. The van der Waals surface area contributed by atoms with Gasteiger partial charge in [-0.25, -0.2) is 4.98 Å². The van der Waals surface area contributed by atoms with Crippen molar-refractivity contribution in [2.45, 2.75) is 39.8 Å². The average molecular weight is 279 g/mol. The van der Waals surface area contributed by atoms with Crippen LogP contribution in [0.5, 0.6) is 0 Å². The third-order valence-corrected chi connectivity index (χ3v) is 3.37. The van der Waals surface area contributed by atoms with Crippen LogP contribution in [0, 0.1) is 6.92 Å². The first-order chi connectivity index (χ1) is 8.88. The standard InChI is InChI=1S/C15H19ClN2O/c1-10-6-5-7-11(13(10)16)14-12(17-9-19-14)8-18-15(2,3)4/h5-7,9,18H,8H2,1-4H3. The molecule has 2 aromatic rings. The van der Waals surface area contributed by atoms with Gasteiger partial charge in [0.25, 0.3) is 0 Å². The van der Waals surface area contributed by atoms with Crippen LogP contribution in [0.25, 0.3) is 11.3 Å². The fraction of sp³-hybridized carbons (Fsp3) is 0.400. The zero-order valence-electron chi connectivity index (χ0n) is 11.7. The maximum absolute atomic E-state index is 6.34. The molecule has 1 heterocycles. The minimum atomic E-state index is 0.0343. The summed E-state index contributed by atoms with van der Waals surface area (Å²) >= 11 is 6.34. The molecule has 1 N–H and O–H groups in total. The van der Waals surface area contributed by atoms with E-state index in [0.29, 0.717) is 6.54 Å². The van der Waals surface area contributed by atoms with Gasteiger partial charge >= 0.3 is 0 Å². The molecule has 0 aliphatic rings. The molecular weight excluding hydrogens is 260 g/mol. The Morgan fingerprint density at radius 1 is 1.32 bits per heavy atom. The van der Waals surface area contributed by atoms with E-state index < -0.39 is 0 Å². The summed E-state index contributed by atoms with van der Waals surface area (Å²) in [5.41, 5.74) is 2.84. The number of hydrogen-bond donors (Lipinski definition) is 1. The Balaban J connectivity index is 2.31. The second-order valence-electron chi connectivity index (χ2n) is 5.67.